The molecule has 0 fully saturated rings. The second-order valence-electron chi connectivity index (χ2n) is 3.88. The van der Waals surface area contributed by atoms with Gasteiger partial charge in [0.05, 0.1) is 15.7 Å². The lowest BCUT2D eigenvalue weighted by Gasteiger charge is -2.11. The quantitative estimate of drug-likeness (QED) is 0.878. The number of benzene rings is 1. The van der Waals surface area contributed by atoms with Crippen molar-refractivity contribution in [3.63, 3.8) is 0 Å². The van der Waals surface area contributed by atoms with Crippen molar-refractivity contribution in [3.05, 3.63) is 29.3 Å². The maximum absolute atomic E-state index is 11.9. The Hall–Kier alpha value is -1.36. The van der Waals surface area contributed by atoms with Crippen LogP contribution in [0, 0.1) is 6.92 Å². The second kappa shape index (κ2) is 4.25. The lowest BCUT2D eigenvalue weighted by atomic mass is 10.1. The zero-order valence-electron chi connectivity index (χ0n) is 9.39. The summed E-state index contributed by atoms with van der Waals surface area (Å²) >= 11 is 0. The lowest BCUT2D eigenvalue weighted by molar-refractivity contribution is 0.0696. The number of aromatic carboxylic acids is 1. The van der Waals surface area contributed by atoms with Crippen molar-refractivity contribution in [2.24, 2.45) is 0 Å². The molecule has 0 spiro atoms. The van der Waals surface area contributed by atoms with Crippen LogP contribution in [0.15, 0.2) is 23.1 Å². The van der Waals surface area contributed by atoms with Gasteiger partial charge in [0.2, 0.25) is 0 Å². The number of carboxylic acids is 1. The van der Waals surface area contributed by atoms with Crippen molar-refractivity contribution in [1.29, 1.82) is 0 Å². The van der Waals surface area contributed by atoms with Gasteiger partial charge >= 0.3 is 5.97 Å². The fraction of sp³-hybridized carbons (Fsp3) is 0.364. The van der Waals surface area contributed by atoms with Crippen LogP contribution in [-0.4, -0.2) is 24.7 Å². The molecule has 1 N–H and O–H groups in total. The van der Waals surface area contributed by atoms with E-state index >= 15 is 0 Å². The zero-order valence-corrected chi connectivity index (χ0v) is 10.2. The minimum atomic E-state index is -3.43. The Kier molecular flexibility index (Phi) is 3.38. The average molecular weight is 242 g/mol. The molecule has 1 aromatic rings. The molecule has 88 valence electrons. The van der Waals surface area contributed by atoms with Gasteiger partial charge in [-0.1, -0.05) is 6.07 Å². The molecule has 0 aliphatic heterocycles. The fourth-order valence-electron chi connectivity index (χ4n) is 1.29. The molecule has 16 heavy (non-hydrogen) atoms. The van der Waals surface area contributed by atoms with Crippen molar-refractivity contribution in [1.82, 2.24) is 0 Å². The van der Waals surface area contributed by atoms with Gasteiger partial charge in [0, 0.05) is 0 Å². The predicted octanol–water partition coefficient (Wildman–Crippen LogP) is 1.88. The molecule has 0 bridgehead atoms. The molecule has 0 saturated heterocycles. The number of hydrogen-bond acceptors (Lipinski definition) is 3. The van der Waals surface area contributed by atoms with E-state index in [4.69, 9.17) is 5.11 Å². The Balaban J connectivity index is 3.45. The van der Waals surface area contributed by atoms with E-state index < -0.39 is 21.1 Å². The van der Waals surface area contributed by atoms with E-state index in [1.54, 1.807) is 20.8 Å². The first-order valence-corrected chi connectivity index (χ1v) is 6.39. The summed E-state index contributed by atoms with van der Waals surface area (Å²) in [6.45, 7) is 4.80. The molecule has 0 unspecified atom stereocenters. The number of aryl methyl sites for hydroxylation is 1. The Morgan fingerprint density at radius 1 is 1.31 bits per heavy atom. The molecule has 0 saturated carbocycles. The predicted molar refractivity (Wildman–Crippen MR) is 60.5 cm³/mol. The first-order valence-electron chi connectivity index (χ1n) is 4.84. The number of carboxylic acid groups (broad SMARTS) is 1. The maximum Gasteiger partial charge on any atom is 0.335 e. The highest BCUT2D eigenvalue weighted by atomic mass is 32.2. The summed E-state index contributed by atoms with van der Waals surface area (Å²) < 4.78 is 23.9. The van der Waals surface area contributed by atoms with E-state index in [-0.39, 0.29) is 10.5 Å². The molecule has 0 aliphatic carbocycles. The van der Waals surface area contributed by atoms with E-state index in [1.165, 1.54) is 18.2 Å². The van der Waals surface area contributed by atoms with Crippen LogP contribution in [0.1, 0.15) is 29.8 Å². The molecular formula is C11H14O4S. The number of carbonyl (C=O) groups is 1. The molecule has 1 aromatic carbocycles. The number of hydrogen-bond donors (Lipinski definition) is 1. The molecule has 0 aromatic heterocycles. The minimum Gasteiger partial charge on any atom is -0.478 e. The summed E-state index contributed by atoms with van der Waals surface area (Å²) in [4.78, 5) is 10.9. The fourth-order valence-corrected chi connectivity index (χ4v) is 2.61. The first-order chi connectivity index (χ1) is 7.26. The van der Waals surface area contributed by atoms with Crippen LogP contribution < -0.4 is 0 Å². The van der Waals surface area contributed by atoms with E-state index in [2.05, 4.69) is 0 Å². The lowest BCUT2D eigenvalue weighted by Crippen LogP contribution is -2.16. The Morgan fingerprint density at radius 3 is 2.31 bits per heavy atom. The highest BCUT2D eigenvalue weighted by Crippen LogP contribution is 2.21. The largest absolute Gasteiger partial charge is 0.478 e. The second-order valence-corrected chi connectivity index (χ2v) is 6.35. The summed E-state index contributed by atoms with van der Waals surface area (Å²) in [5, 5.41) is 8.25. The van der Waals surface area contributed by atoms with Crippen LogP contribution in [0.4, 0.5) is 0 Å². The van der Waals surface area contributed by atoms with Gasteiger partial charge in [0.25, 0.3) is 0 Å². The third-order valence-electron chi connectivity index (χ3n) is 2.36. The summed E-state index contributed by atoms with van der Waals surface area (Å²) in [5.74, 6) is -1.12. The van der Waals surface area contributed by atoms with Crippen LogP contribution >= 0.6 is 0 Å². The van der Waals surface area contributed by atoms with Crippen molar-refractivity contribution >= 4 is 15.8 Å². The van der Waals surface area contributed by atoms with Crippen molar-refractivity contribution in [2.45, 2.75) is 30.9 Å². The third kappa shape index (κ3) is 2.24. The smallest absolute Gasteiger partial charge is 0.335 e. The zero-order chi connectivity index (χ0) is 12.5. The van der Waals surface area contributed by atoms with Gasteiger partial charge < -0.3 is 5.11 Å². The number of sulfone groups is 1. The summed E-state index contributed by atoms with van der Waals surface area (Å²) in [6.07, 6.45) is 0. The number of rotatable bonds is 3. The van der Waals surface area contributed by atoms with E-state index in [9.17, 15) is 13.2 Å². The molecule has 0 heterocycles. The van der Waals surface area contributed by atoms with Crippen molar-refractivity contribution in [3.8, 4) is 0 Å². The molecule has 0 radical (unpaired) electrons. The average Bonchev–Trinajstić information content (AvgIpc) is 2.17. The standard InChI is InChI=1S/C11H14O4S/c1-7(2)16(14,15)10-6-9(11(12)13)5-4-8(10)3/h4-7H,1-3H3,(H,12,13). The van der Waals surface area contributed by atoms with Crippen LogP contribution in [0.25, 0.3) is 0 Å². The third-order valence-corrected chi connectivity index (χ3v) is 4.66. The highest BCUT2D eigenvalue weighted by molar-refractivity contribution is 7.92. The van der Waals surface area contributed by atoms with Gasteiger partial charge in [-0.15, -0.1) is 0 Å². The van der Waals surface area contributed by atoms with Gasteiger partial charge in [0.1, 0.15) is 0 Å². The Labute approximate surface area is 94.8 Å². The normalized spacial score (nSPS) is 11.8. The van der Waals surface area contributed by atoms with Gasteiger partial charge in [0.15, 0.2) is 9.84 Å². The van der Waals surface area contributed by atoms with Crippen LogP contribution in [0.5, 0.6) is 0 Å². The monoisotopic (exact) mass is 242 g/mol. The molecule has 5 heteroatoms. The molecule has 1 rings (SSSR count). The molecule has 4 nitrogen and oxygen atoms in total. The molecule has 0 aliphatic rings. The Morgan fingerprint density at radius 2 is 1.88 bits per heavy atom. The van der Waals surface area contributed by atoms with Crippen LogP contribution in [-0.2, 0) is 9.84 Å². The maximum atomic E-state index is 11.9. The highest BCUT2D eigenvalue weighted by Gasteiger charge is 2.22. The van der Waals surface area contributed by atoms with Crippen molar-refractivity contribution < 1.29 is 18.3 Å². The van der Waals surface area contributed by atoms with Gasteiger partial charge in [-0.3, -0.25) is 0 Å². The topological polar surface area (TPSA) is 71.4 Å². The molecule has 0 atom stereocenters. The van der Waals surface area contributed by atoms with E-state index in [1.807, 2.05) is 0 Å². The first kappa shape index (κ1) is 12.7. The van der Waals surface area contributed by atoms with Gasteiger partial charge in [-0.05, 0) is 38.5 Å². The SMILES string of the molecule is Cc1ccc(C(=O)O)cc1S(=O)(=O)C(C)C. The van der Waals surface area contributed by atoms with Crippen LogP contribution in [0.3, 0.4) is 0 Å². The minimum absolute atomic E-state index is 0.00942. The Bertz CT molecular complexity index is 515. The van der Waals surface area contributed by atoms with Gasteiger partial charge in [-0.2, -0.15) is 0 Å². The van der Waals surface area contributed by atoms with Gasteiger partial charge in [-0.25, -0.2) is 13.2 Å². The van der Waals surface area contributed by atoms with E-state index in [0.717, 1.165) is 0 Å². The van der Waals surface area contributed by atoms with Crippen molar-refractivity contribution in [2.75, 3.05) is 0 Å². The van der Waals surface area contributed by atoms with E-state index in [0.29, 0.717) is 5.56 Å². The summed E-state index contributed by atoms with van der Waals surface area (Å²) in [7, 11) is -3.43. The molecular weight excluding hydrogens is 228 g/mol. The van der Waals surface area contributed by atoms with Crippen LogP contribution in [0.2, 0.25) is 0 Å². The summed E-state index contributed by atoms with van der Waals surface area (Å²) in [6, 6.07) is 4.13. The molecule has 0 amide bonds. The summed E-state index contributed by atoms with van der Waals surface area (Å²) in [5.41, 5.74) is 0.559.